The maximum atomic E-state index is 5.97. The molecule has 1 aromatic rings. The molecule has 88 valence electrons. The molecule has 0 aromatic carbocycles. The summed E-state index contributed by atoms with van der Waals surface area (Å²) in [6.07, 6.45) is -0.587. The van der Waals surface area contributed by atoms with Crippen LogP contribution in [0, 0.1) is 0 Å². The third kappa shape index (κ3) is 2.38. The Kier molecular flexibility index (Phi) is 3.81. The minimum Gasteiger partial charge on any atom is -0.464 e. The van der Waals surface area contributed by atoms with Gasteiger partial charge in [-0.05, 0) is 6.92 Å². The summed E-state index contributed by atoms with van der Waals surface area (Å²) in [5, 5.41) is 0.380. The fourth-order valence-electron chi connectivity index (χ4n) is 1.31. The molecule has 0 N–H and O–H groups in total. The molecule has 2 heterocycles. The van der Waals surface area contributed by atoms with Crippen molar-refractivity contribution in [1.29, 1.82) is 0 Å². The van der Waals surface area contributed by atoms with Crippen LogP contribution in [0.3, 0.4) is 0 Å². The number of halogens is 2. The molecule has 0 atom stereocenters. The summed E-state index contributed by atoms with van der Waals surface area (Å²) in [4.78, 5) is 7.91. The molecule has 1 aliphatic heterocycles. The quantitative estimate of drug-likeness (QED) is 0.784. The van der Waals surface area contributed by atoms with Crippen molar-refractivity contribution in [3.8, 4) is 6.01 Å². The van der Waals surface area contributed by atoms with Crippen molar-refractivity contribution in [2.45, 2.75) is 13.2 Å². The second-order valence-electron chi connectivity index (χ2n) is 3.01. The Morgan fingerprint density at radius 2 is 1.81 bits per heavy atom. The van der Waals surface area contributed by atoms with Crippen LogP contribution in [0.25, 0.3) is 0 Å². The summed E-state index contributed by atoms with van der Waals surface area (Å²) >= 11 is 11.9. The zero-order chi connectivity index (χ0) is 11.5. The lowest BCUT2D eigenvalue weighted by atomic mass is 10.3. The Bertz CT molecular complexity index is 360. The second kappa shape index (κ2) is 5.14. The minimum absolute atomic E-state index is 0.152. The lowest BCUT2D eigenvalue weighted by Gasteiger charge is -2.12. The molecule has 0 spiro atoms. The standard InChI is InChI=1S/C9H10Cl2N2O3/c1-2-14-9-12-6(10)5(7(11)13-9)8-15-3-4-16-8/h8H,2-4H2,1H3. The number of ether oxygens (including phenoxy) is 3. The Hall–Kier alpha value is -0.620. The molecule has 0 radical (unpaired) electrons. The van der Waals surface area contributed by atoms with Crippen molar-refractivity contribution in [3.63, 3.8) is 0 Å². The first-order valence-electron chi connectivity index (χ1n) is 4.81. The number of hydrogen-bond acceptors (Lipinski definition) is 5. The monoisotopic (exact) mass is 264 g/mol. The highest BCUT2D eigenvalue weighted by molar-refractivity contribution is 6.34. The zero-order valence-corrected chi connectivity index (χ0v) is 10.1. The molecule has 16 heavy (non-hydrogen) atoms. The first-order valence-corrected chi connectivity index (χ1v) is 5.57. The van der Waals surface area contributed by atoms with Crippen LogP contribution < -0.4 is 4.74 Å². The maximum Gasteiger partial charge on any atom is 0.319 e. The van der Waals surface area contributed by atoms with Gasteiger partial charge in [-0.15, -0.1) is 0 Å². The van der Waals surface area contributed by atoms with Gasteiger partial charge in [0.25, 0.3) is 0 Å². The van der Waals surface area contributed by atoms with E-state index in [2.05, 4.69) is 9.97 Å². The van der Waals surface area contributed by atoms with E-state index >= 15 is 0 Å². The van der Waals surface area contributed by atoms with Crippen molar-refractivity contribution >= 4 is 23.2 Å². The van der Waals surface area contributed by atoms with Crippen LogP contribution >= 0.6 is 23.2 Å². The van der Waals surface area contributed by atoms with Gasteiger partial charge in [0.05, 0.1) is 25.4 Å². The maximum absolute atomic E-state index is 5.97. The highest BCUT2D eigenvalue weighted by Gasteiger charge is 2.26. The van der Waals surface area contributed by atoms with Gasteiger partial charge in [-0.25, -0.2) is 0 Å². The summed E-state index contributed by atoms with van der Waals surface area (Å²) in [5.41, 5.74) is 0.448. The third-order valence-electron chi connectivity index (χ3n) is 1.96. The second-order valence-corrected chi connectivity index (χ2v) is 3.72. The molecule has 1 fully saturated rings. The Balaban J connectivity index is 2.31. The predicted molar refractivity (Wildman–Crippen MR) is 57.9 cm³/mol. The van der Waals surface area contributed by atoms with Gasteiger partial charge in [0.1, 0.15) is 10.3 Å². The molecule has 1 aromatic heterocycles. The molecular weight excluding hydrogens is 255 g/mol. The average molecular weight is 265 g/mol. The van der Waals surface area contributed by atoms with Crippen LogP contribution in [0.5, 0.6) is 6.01 Å². The lowest BCUT2D eigenvalue weighted by molar-refractivity contribution is -0.0444. The van der Waals surface area contributed by atoms with Crippen molar-refractivity contribution in [2.24, 2.45) is 0 Å². The van der Waals surface area contributed by atoms with Crippen molar-refractivity contribution in [3.05, 3.63) is 15.9 Å². The minimum atomic E-state index is -0.587. The summed E-state index contributed by atoms with van der Waals surface area (Å²) in [6, 6.07) is 0.152. The van der Waals surface area contributed by atoms with E-state index in [9.17, 15) is 0 Å². The van der Waals surface area contributed by atoms with Gasteiger partial charge < -0.3 is 14.2 Å². The van der Waals surface area contributed by atoms with E-state index < -0.39 is 6.29 Å². The molecular formula is C9H10Cl2N2O3. The molecule has 0 bridgehead atoms. The summed E-state index contributed by atoms with van der Waals surface area (Å²) in [7, 11) is 0. The SMILES string of the molecule is CCOc1nc(Cl)c(C2OCCO2)c(Cl)n1. The van der Waals surface area contributed by atoms with Crippen LogP contribution in [0.1, 0.15) is 18.8 Å². The van der Waals surface area contributed by atoms with E-state index in [-0.39, 0.29) is 16.3 Å². The van der Waals surface area contributed by atoms with Crippen LogP contribution in [0.4, 0.5) is 0 Å². The smallest absolute Gasteiger partial charge is 0.319 e. The van der Waals surface area contributed by atoms with Gasteiger partial charge in [-0.2, -0.15) is 9.97 Å². The molecule has 0 aliphatic carbocycles. The van der Waals surface area contributed by atoms with Crippen LogP contribution in [0.2, 0.25) is 10.3 Å². The number of nitrogens with zero attached hydrogens (tertiary/aromatic N) is 2. The van der Waals surface area contributed by atoms with E-state index in [1.807, 2.05) is 6.92 Å². The average Bonchev–Trinajstić information content (AvgIpc) is 2.70. The Morgan fingerprint density at radius 3 is 2.31 bits per heavy atom. The first-order chi connectivity index (χ1) is 7.72. The third-order valence-corrected chi connectivity index (χ3v) is 2.54. The van der Waals surface area contributed by atoms with Gasteiger partial charge in [0, 0.05) is 0 Å². The van der Waals surface area contributed by atoms with Crippen LogP contribution in [-0.2, 0) is 9.47 Å². The fraction of sp³-hybridized carbons (Fsp3) is 0.556. The summed E-state index contributed by atoms with van der Waals surface area (Å²) in [5.74, 6) is 0. The lowest BCUT2D eigenvalue weighted by Crippen LogP contribution is -2.06. The van der Waals surface area contributed by atoms with Gasteiger partial charge in [0.15, 0.2) is 6.29 Å². The Labute approximate surface area is 103 Å². The van der Waals surface area contributed by atoms with Crippen molar-refractivity contribution in [2.75, 3.05) is 19.8 Å². The van der Waals surface area contributed by atoms with E-state index in [1.54, 1.807) is 0 Å². The fourth-order valence-corrected chi connectivity index (χ4v) is 1.86. The van der Waals surface area contributed by atoms with E-state index in [4.69, 9.17) is 37.4 Å². The highest BCUT2D eigenvalue weighted by atomic mass is 35.5. The number of rotatable bonds is 3. The van der Waals surface area contributed by atoms with Gasteiger partial charge in [-0.3, -0.25) is 0 Å². The van der Waals surface area contributed by atoms with Gasteiger partial charge in [0.2, 0.25) is 0 Å². The molecule has 1 aliphatic rings. The molecule has 2 rings (SSSR count). The zero-order valence-electron chi connectivity index (χ0n) is 8.57. The van der Waals surface area contributed by atoms with Gasteiger partial charge >= 0.3 is 6.01 Å². The van der Waals surface area contributed by atoms with Crippen LogP contribution in [-0.4, -0.2) is 29.8 Å². The highest BCUT2D eigenvalue weighted by Crippen LogP contribution is 2.34. The predicted octanol–water partition coefficient (Wildman–Crippen LogP) is 2.23. The van der Waals surface area contributed by atoms with Crippen molar-refractivity contribution in [1.82, 2.24) is 9.97 Å². The first kappa shape index (κ1) is 11.9. The topological polar surface area (TPSA) is 53.5 Å². The molecule has 0 unspecified atom stereocenters. The van der Waals surface area contributed by atoms with Crippen LogP contribution in [0.15, 0.2) is 0 Å². The molecule has 5 nitrogen and oxygen atoms in total. The van der Waals surface area contributed by atoms with E-state index in [1.165, 1.54) is 0 Å². The molecule has 0 saturated carbocycles. The Morgan fingerprint density at radius 1 is 1.25 bits per heavy atom. The summed E-state index contributed by atoms with van der Waals surface area (Å²) in [6.45, 7) is 3.28. The van der Waals surface area contributed by atoms with E-state index in [0.717, 1.165) is 0 Å². The van der Waals surface area contributed by atoms with Gasteiger partial charge in [-0.1, -0.05) is 23.2 Å². The van der Waals surface area contributed by atoms with Crippen molar-refractivity contribution < 1.29 is 14.2 Å². The molecule has 0 amide bonds. The number of aromatic nitrogens is 2. The molecule has 7 heteroatoms. The molecule has 1 saturated heterocycles. The van der Waals surface area contributed by atoms with E-state index in [0.29, 0.717) is 25.4 Å². The normalized spacial score (nSPS) is 16.7. The largest absolute Gasteiger partial charge is 0.464 e. The number of hydrogen-bond donors (Lipinski definition) is 0. The summed E-state index contributed by atoms with van der Waals surface area (Å²) < 4.78 is 15.7.